The molecule has 1 aliphatic carbocycles. The Hall–Kier alpha value is -1.92. The number of halogens is 2. The van der Waals surface area contributed by atoms with Gasteiger partial charge in [0.15, 0.2) is 0 Å². The molecule has 0 saturated heterocycles. The largest absolute Gasteiger partial charge is 0.491 e. The summed E-state index contributed by atoms with van der Waals surface area (Å²) in [5.74, 6) is 0.918. The Bertz CT molecular complexity index is 922. The van der Waals surface area contributed by atoms with Crippen LogP contribution in [0.5, 0.6) is 5.75 Å². The fourth-order valence-electron chi connectivity index (χ4n) is 3.02. The third kappa shape index (κ3) is 4.50. The Balaban J connectivity index is 2.21. The highest BCUT2D eigenvalue weighted by Crippen LogP contribution is 2.36. The first kappa shape index (κ1) is 19.8. The van der Waals surface area contributed by atoms with Crippen molar-refractivity contribution in [1.82, 2.24) is 9.88 Å². The lowest BCUT2D eigenvalue weighted by molar-refractivity contribution is 0.193. The summed E-state index contributed by atoms with van der Waals surface area (Å²) in [7, 11) is 0. The van der Waals surface area contributed by atoms with Crippen molar-refractivity contribution in [1.29, 1.82) is 0 Å². The van der Waals surface area contributed by atoms with Gasteiger partial charge < -0.3 is 19.7 Å². The second-order valence-electron chi connectivity index (χ2n) is 6.81. The second kappa shape index (κ2) is 8.40. The van der Waals surface area contributed by atoms with E-state index in [1.54, 1.807) is 16.7 Å². The van der Waals surface area contributed by atoms with Crippen LogP contribution < -0.4 is 15.6 Å². The molecule has 1 fully saturated rings. The molecule has 0 spiro atoms. The van der Waals surface area contributed by atoms with Crippen LogP contribution in [-0.2, 0) is 13.1 Å². The molecule has 0 radical (unpaired) electrons. The number of rotatable bonds is 8. The molecule has 0 unspecified atom stereocenters. The van der Waals surface area contributed by atoms with Gasteiger partial charge in [-0.05, 0) is 37.3 Å². The number of amides is 1. The van der Waals surface area contributed by atoms with Crippen molar-refractivity contribution in [2.75, 3.05) is 6.61 Å². The molecule has 0 atom stereocenters. The summed E-state index contributed by atoms with van der Waals surface area (Å²) < 4.78 is 7.65. The van der Waals surface area contributed by atoms with E-state index in [-0.39, 0.29) is 12.1 Å². The number of benzene rings is 1. The van der Waals surface area contributed by atoms with Crippen molar-refractivity contribution in [3.05, 3.63) is 38.2 Å². The highest BCUT2D eigenvalue weighted by molar-refractivity contribution is 6.42. The van der Waals surface area contributed by atoms with Crippen LogP contribution in [0, 0.1) is 5.92 Å². The smallest absolute Gasteiger partial charge is 0.404 e. The monoisotopic (exact) mass is 412 g/mol. The maximum Gasteiger partial charge on any atom is 0.404 e. The van der Waals surface area contributed by atoms with Crippen LogP contribution in [0.25, 0.3) is 10.8 Å². The minimum atomic E-state index is -1.16. The molecule has 6 nitrogen and oxygen atoms in total. The summed E-state index contributed by atoms with van der Waals surface area (Å²) in [5, 5.41) is 13.0. The number of hydrogen-bond acceptors (Lipinski definition) is 3. The van der Waals surface area contributed by atoms with Gasteiger partial charge in [-0.2, -0.15) is 0 Å². The number of nitrogens with zero attached hydrogens (tertiary/aromatic N) is 1. The van der Waals surface area contributed by atoms with Gasteiger partial charge in [0.1, 0.15) is 5.75 Å². The van der Waals surface area contributed by atoms with E-state index in [1.807, 2.05) is 0 Å². The zero-order valence-corrected chi connectivity index (χ0v) is 16.6. The third-order valence-electron chi connectivity index (χ3n) is 4.66. The third-order valence-corrected chi connectivity index (χ3v) is 5.38. The van der Waals surface area contributed by atoms with Crippen LogP contribution >= 0.6 is 23.2 Å². The quantitative estimate of drug-likeness (QED) is 0.617. The van der Waals surface area contributed by atoms with E-state index >= 15 is 0 Å². The Kier molecular flexibility index (Phi) is 6.17. The van der Waals surface area contributed by atoms with Gasteiger partial charge in [0, 0.05) is 11.9 Å². The number of ether oxygens (including phenoxy) is 1. The van der Waals surface area contributed by atoms with Crippen LogP contribution in [0.4, 0.5) is 4.79 Å². The van der Waals surface area contributed by atoms with Gasteiger partial charge in [-0.25, -0.2) is 4.79 Å². The molecule has 1 saturated carbocycles. The molecule has 0 bridgehead atoms. The number of pyridine rings is 1. The molecule has 1 aromatic heterocycles. The first-order valence-electron chi connectivity index (χ1n) is 9.06. The number of carboxylic acid groups (broad SMARTS) is 1. The van der Waals surface area contributed by atoms with Crippen LogP contribution in [0.2, 0.25) is 10.0 Å². The van der Waals surface area contributed by atoms with E-state index in [1.165, 1.54) is 0 Å². The molecule has 8 heteroatoms. The molecular formula is C19H22Cl2N2O4. The number of fused-ring (bicyclic) bond motifs is 1. The van der Waals surface area contributed by atoms with Gasteiger partial charge in [0.25, 0.3) is 5.56 Å². The molecule has 3 rings (SSSR count). The summed E-state index contributed by atoms with van der Waals surface area (Å²) in [6.45, 7) is 3.04. The van der Waals surface area contributed by atoms with Crippen molar-refractivity contribution in [2.24, 2.45) is 5.92 Å². The summed E-state index contributed by atoms with van der Waals surface area (Å²) in [6.07, 6.45) is 2.76. The number of hydrogen-bond donors (Lipinski definition) is 2. The van der Waals surface area contributed by atoms with Crippen LogP contribution in [0.15, 0.2) is 16.9 Å². The Labute approximate surface area is 167 Å². The predicted octanol–water partition coefficient (Wildman–Crippen LogP) is 4.66. The van der Waals surface area contributed by atoms with Crippen LogP contribution in [0.3, 0.4) is 0 Å². The van der Waals surface area contributed by atoms with Gasteiger partial charge >= 0.3 is 6.09 Å². The molecule has 2 N–H and O–H groups in total. The second-order valence-corrected chi connectivity index (χ2v) is 7.62. The maximum atomic E-state index is 13.1. The number of aromatic nitrogens is 1. The number of carbonyl (C=O) groups is 1. The Morgan fingerprint density at radius 2 is 1.96 bits per heavy atom. The van der Waals surface area contributed by atoms with Crippen molar-refractivity contribution in [2.45, 2.75) is 45.7 Å². The fraction of sp³-hybridized carbons (Fsp3) is 0.474. The lowest BCUT2D eigenvalue weighted by atomic mass is 10.1. The Morgan fingerprint density at radius 3 is 2.56 bits per heavy atom. The predicted molar refractivity (Wildman–Crippen MR) is 106 cm³/mol. The summed E-state index contributed by atoms with van der Waals surface area (Å²) in [6, 6.07) is 3.18. The van der Waals surface area contributed by atoms with Crippen molar-refractivity contribution >= 4 is 40.1 Å². The molecule has 1 aromatic carbocycles. The molecule has 0 aliphatic heterocycles. The highest BCUT2D eigenvalue weighted by atomic mass is 35.5. The minimum Gasteiger partial charge on any atom is -0.491 e. The maximum absolute atomic E-state index is 13.1. The lowest BCUT2D eigenvalue weighted by Gasteiger charge is -2.20. The normalized spacial score (nSPS) is 13.7. The molecule has 146 valence electrons. The molecule has 1 aliphatic rings. The standard InChI is InChI=1S/C19H22Cl2N2O4/c1-2-3-6-27-17-12-7-14(20)15(21)8-13(12)18(24)23(10-11-4-5-11)16(17)9-22-19(25)26/h7-8,11,22H,2-6,9-10H2,1H3,(H,25,26). The Morgan fingerprint density at radius 1 is 1.30 bits per heavy atom. The van der Waals surface area contributed by atoms with Gasteiger partial charge in [-0.15, -0.1) is 0 Å². The van der Waals surface area contributed by atoms with Crippen LogP contribution in [0.1, 0.15) is 38.3 Å². The van der Waals surface area contributed by atoms with Gasteiger partial charge in [0.05, 0.1) is 34.3 Å². The SMILES string of the molecule is CCCCOc1c(CNC(=O)O)n(CC2CC2)c(=O)c2cc(Cl)c(Cl)cc12. The molecule has 27 heavy (non-hydrogen) atoms. The molecular weight excluding hydrogens is 391 g/mol. The topological polar surface area (TPSA) is 80.6 Å². The molecule has 1 heterocycles. The van der Waals surface area contributed by atoms with E-state index in [0.29, 0.717) is 51.3 Å². The zero-order valence-electron chi connectivity index (χ0n) is 15.1. The van der Waals surface area contributed by atoms with Gasteiger partial charge in [-0.1, -0.05) is 36.5 Å². The fourth-order valence-corrected chi connectivity index (χ4v) is 3.35. The van der Waals surface area contributed by atoms with Gasteiger partial charge in [0.2, 0.25) is 0 Å². The summed E-state index contributed by atoms with van der Waals surface area (Å²) in [4.78, 5) is 24.2. The number of nitrogens with one attached hydrogen (secondary N) is 1. The van der Waals surface area contributed by atoms with Crippen molar-refractivity contribution in [3.8, 4) is 5.75 Å². The number of unbranched alkanes of at least 4 members (excludes halogenated alkanes) is 1. The minimum absolute atomic E-state index is 0.0189. The van der Waals surface area contributed by atoms with E-state index < -0.39 is 6.09 Å². The first-order chi connectivity index (χ1) is 12.9. The van der Waals surface area contributed by atoms with E-state index in [0.717, 1.165) is 25.7 Å². The molecule has 1 amide bonds. The summed E-state index contributed by atoms with van der Waals surface area (Å²) in [5.41, 5.74) is 0.316. The van der Waals surface area contributed by atoms with Crippen molar-refractivity contribution in [3.63, 3.8) is 0 Å². The van der Waals surface area contributed by atoms with E-state index in [2.05, 4.69) is 12.2 Å². The molecule has 2 aromatic rings. The lowest BCUT2D eigenvalue weighted by Crippen LogP contribution is -2.30. The van der Waals surface area contributed by atoms with E-state index in [4.69, 9.17) is 33.0 Å². The van der Waals surface area contributed by atoms with Gasteiger partial charge in [-0.3, -0.25) is 4.79 Å². The van der Waals surface area contributed by atoms with Crippen LogP contribution in [-0.4, -0.2) is 22.4 Å². The first-order valence-corrected chi connectivity index (χ1v) is 9.82. The average molecular weight is 413 g/mol. The van der Waals surface area contributed by atoms with E-state index in [9.17, 15) is 9.59 Å². The van der Waals surface area contributed by atoms with Crippen molar-refractivity contribution < 1.29 is 14.6 Å². The summed E-state index contributed by atoms with van der Waals surface area (Å²) >= 11 is 12.3. The average Bonchev–Trinajstić information content (AvgIpc) is 3.43. The highest BCUT2D eigenvalue weighted by Gasteiger charge is 2.26. The zero-order chi connectivity index (χ0) is 19.6.